The number of aryl methyl sites for hydroxylation is 2. The molecule has 0 saturated heterocycles. The van der Waals surface area contributed by atoms with Gasteiger partial charge in [-0.15, -0.1) is 0 Å². The van der Waals surface area contributed by atoms with Crippen molar-refractivity contribution in [3.05, 3.63) is 120 Å². The van der Waals surface area contributed by atoms with Crippen LogP contribution in [0.4, 0.5) is 13.2 Å². The fourth-order valence-corrected chi connectivity index (χ4v) is 3.00. The van der Waals surface area contributed by atoms with E-state index >= 15 is 0 Å². The summed E-state index contributed by atoms with van der Waals surface area (Å²) >= 11 is 0. The molecule has 0 nitrogen and oxygen atoms in total. The molecule has 0 heterocycles. The second kappa shape index (κ2) is 9.45. The van der Waals surface area contributed by atoms with Gasteiger partial charge in [0, 0.05) is 0 Å². The van der Waals surface area contributed by atoms with Gasteiger partial charge in [0.15, 0.2) is 0 Å². The average Bonchev–Trinajstić information content (AvgIpc) is 2.75. The van der Waals surface area contributed by atoms with Gasteiger partial charge < -0.3 is 0 Å². The number of hydrogen-bond donors (Lipinski definition) is 0. The standard InChI is InChI=1S/C14H11F3.C13H12/c1-10-5-7-11(8-6-10)12-3-2-4-13(9-12)14(15,16)17;1-11-7-9-13(10-8-11)12-5-3-2-4-6-12/h2-9H,1H3;2-10H,1H3. The van der Waals surface area contributed by atoms with Crippen LogP contribution >= 0.6 is 0 Å². The van der Waals surface area contributed by atoms with Crippen LogP contribution in [-0.2, 0) is 6.18 Å². The van der Waals surface area contributed by atoms with Crippen molar-refractivity contribution in [2.45, 2.75) is 20.0 Å². The molecule has 0 atom stereocenters. The van der Waals surface area contributed by atoms with E-state index in [4.69, 9.17) is 0 Å². The summed E-state index contributed by atoms with van der Waals surface area (Å²) < 4.78 is 37.6. The second-order valence-electron chi connectivity index (χ2n) is 7.18. The Morgan fingerprint density at radius 2 is 0.900 bits per heavy atom. The minimum Gasteiger partial charge on any atom is -0.166 e. The van der Waals surface area contributed by atoms with Gasteiger partial charge in [0.05, 0.1) is 5.56 Å². The Hall–Kier alpha value is -3.33. The fourth-order valence-electron chi connectivity index (χ4n) is 3.00. The summed E-state index contributed by atoms with van der Waals surface area (Å²) in [6.07, 6.45) is -4.29. The minimum absolute atomic E-state index is 0.583. The summed E-state index contributed by atoms with van der Waals surface area (Å²) in [5.41, 5.74) is 5.71. The second-order valence-corrected chi connectivity index (χ2v) is 7.18. The lowest BCUT2D eigenvalue weighted by molar-refractivity contribution is -0.137. The quantitative estimate of drug-likeness (QED) is 0.315. The first-order valence-corrected chi connectivity index (χ1v) is 9.69. The van der Waals surface area contributed by atoms with E-state index in [9.17, 15) is 13.2 Å². The van der Waals surface area contributed by atoms with Crippen LogP contribution in [0.1, 0.15) is 16.7 Å². The predicted octanol–water partition coefficient (Wildman–Crippen LogP) is 8.34. The van der Waals surface area contributed by atoms with Crippen molar-refractivity contribution in [1.29, 1.82) is 0 Å². The smallest absolute Gasteiger partial charge is 0.166 e. The van der Waals surface area contributed by atoms with E-state index in [-0.39, 0.29) is 0 Å². The van der Waals surface area contributed by atoms with E-state index < -0.39 is 11.7 Å². The molecule has 0 N–H and O–H groups in total. The molecular weight excluding hydrogens is 381 g/mol. The molecule has 30 heavy (non-hydrogen) atoms. The zero-order valence-corrected chi connectivity index (χ0v) is 16.9. The summed E-state index contributed by atoms with van der Waals surface area (Å²) in [5.74, 6) is 0. The highest BCUT2D eigenvalue weighted by molar-refractivity contribution is 5.65. The molecule has 0 aliphatic rings. The Morgan fingerprint density at radius 3 is 1.40 bits per heavy atom. The lowest BCUT2D eigenvalue weighted by Gasteiger charge is -2.09. The van der Waals surface area contributed by atoms with Gasteiger partial charge >= 0.3 is 6.18 Å². The number of benzene rings is 4. The van der Waals surface area contributed by atoms with E-state index in [0.29, 0.717) is 5.56 Å². The molecule has 0 saturated carbocycles. The molecule has 3 heteroatoms. The van der Waals surface area contributed by atoms with E-state index in [1.165, 1.54) is 28.8 Å². The first-order chi connectivity index (χ1) is 14.3. The Balaban J connectivity index is 0.000000177. The highest BCUT2D eigenvalue weighted by atomic mass is 19.4. The van der Waals surface area contributed by atoms with Crippen LogP contribution in [0.15, 0.2) is 103 Å². The highest BCUT2D eigenvalue weighted by Gasteiger charge is 2.30. The number of rotatable bonds is 2. The molecule has 0 bridgehead atoms. The van der Waals surface area contributed by atoms with Crippen LogP contribution in [0.5, 0.6) is 0 Å². The maximum absolute atomic E-state index is 12.5. The summed E-state index contributed by atoms with van der Waals surface area (Å²) in [4.78, 5) is 0. The maximum atomic E-state index is 12.5. The normalized spacial score (nSPS) is 10.8. The van der Waals surface area contributed by atoms with Crippen LogP contribution in [0.2, 0.25) is 0 Å². The van der Waals surface area contributed by atoms with Crippen molar-refractivity contribution in [3.8, 4) is 22.3 Å². The van der Waals surface area contributed by atoms with Crippen molar-refractivity contribution >= 4 is 0 Å². The molecule has 0 aliphatic heterocycles. The molecule has 0 radical (unpaired) electrons. The summed E-state index contributed by atoms with van der Waals surface area (Å²) in [6, 6.07) is 31.8. The van der Waals surface area contributed by atoms with Crippen molar-refractivity contribution in [3.63, 3.8) is 0 Å². The third kappa shape index (κ3) is 5.84. The van der Waals surface area contributed by atoms with Gasteiger partial charge in [-0.3, -0.25) is 0 Å². The molecule has 0 aromatic heterocycles. The summed E-state index contributed by atoms with van der Waals surface area (Å²) in [6.45, 7) is 4.05. The zero-order valence-electron chi connectivity index (χ0n) is 16.9. The molecule has 4 aromatic carbocycles. The first kappa shape index (κ1) is 21.4. The van der Waals surface area contributed by atoms with E-state index in [1.54, 1.807) is 6.07 Å². The van der Waals surface area contributed by atoms with E-state index in [0.717, 1.165) is 17.2 Å². The largest absolute Gasteiger partial charge is 0.416 e. The van der Waals surface area contributed by atoms with Crippen LogP contribution in [0, 0.1) is 13.8 Å². The Bertz CT molecular complexity index is 1060. The van der Waals surface area contributed by atoms with Gasteiger partial charge in [0.1, 0.15) is 0 Å². The average molecular weight is 404 g/mol. The van der Waals surface area contributed by atoms with Crippen molar-refractivity contribution in [2.24, 2.45) is 0 Å². The van der Waals surface area contributed by atoms with Crippen LogP contribution in [0.3, 0.4) is 0 Å². The SMILES string of the molecule is Cc1ccc(-c2cccc(C(F)(F)F)c2)cc1.Cc1ccc(-c2ccccc2)cc1. The van der Waals surface area contributed by atoms with Gasteiger partial charge in [-0.2, -0.15) is 13.2 Å². The first-order valence-electron chi connectivity index (χ1n) is 9.69. The van der Waals surface area contributed by atoms with Crippen molar-refractivity contribution in [2.75, 3.05) is 0 Å². The molecule has 0 aliphatic carbocycles. The van der Waals surface area contributed by atoms with E-state index in [2.05, 4.69) is 55.5 Å². The van der Waals surface area contributed by atoms with Gasteiger partial charge in [-0.1, -0.05) is 102 Å². The number of halogens is 3. The van der Waals surface area contributed by atoms with Gasteiger partial charge in [-0.05, 0) is 48.2 Å². The fraction of sp³-hybridized carbons (Fsp3) is 0.111. The van der Waals surface area contributed by atoms with Gasteiger partial charge in [0.25, 0.3) is 0 Å². The summed E-state index contributed by atoms with van der Waals surface area (Å²) in [5, 5.41) is 0. The maximum Gasteiger partial charge on any atom is 0.416 e. The molecule has 4 aromatic rings. The minimum atomic E-state index is -4.29. The monoisotopic (exact) mass is 404 g/mol. The zero-order chi connectivity index (χ0) is 21.6. The third-order valence-electron chi connectivity index (χ3n) is 4.73. The van der Waals surface area contributed by atoms with Crippen LogP contribution < -0.4 is 0 Å². The molecular formula is C27H23F3. The number of hydrogen-bond acceptors (Lipinski definition) is 0. The Labute approximate surface area is 175 Å². The predicted molar refractivity (Wildman–Crippen MR) is 118 cm³/mol. The third-order valence-corrected chi connectivity index (χ3v) is 4.73. The van der Waals surface area contributed by atoms with Gasteiger partial charge in [0.2, 0.25) is 0 Å². The highest BCUT2D eigenvalue weighted by Crippen LogP contribution is 2.32. The van der Waals surface area contributed by atoms with Crippen molar-refractivity contribution < 1.29 is 13.2 Å². The Morgan fingerprint density at radius 1 is 0.467 bits per heavy atom. The van der Waals surface area contributed by atoms with Crippen LogP contribution in [0.25, 0.3) is 22.3 Å². The van der Waals surface area contributed by atoms with Gasteiger partial charge in [-0.25, -0.2) is 0 Å². The topological polar surface area (TPSA) is 0 Å². The molecule has 152 valence electrons. The molecule has 4 rings (SSSR count). The van der Waals surface area contributed by atoms with E-state index in [1.807, 2.05) is 37.3 Å². The summed E-state index contributed by atoms with van der Waals surface area (Å²) in [7, 11) is 0. The molecule has 0 spiro atoms. The molecule has 0 unspecified atom stereocenters. The number of alkyl halides is 3. The Kier molecular flexibility index (Phi) is 6.73. The molecule has 0 amide bonds. The van der Waals surface area contributed by atoms with Crippen LogP contribution in [-0.4, -0.2) is 0 Å². The molecule has 0 fully saturated rings. The lowest BCUT2D eigenvalue weighted by atomic mass is 10.0. The lowest BCUT2D eigenvalue weighted by Crippen LogP contribution is -2.04. The van der Waals surface area contributed by atoms with Crippen molar-refractivity contribution in [1.82, 2.24) is 0 Å².